The standard InChI is InChI=1S/C4H12O8P2/c5-1-2-11-14(9,10)12-3-4-13(6,7)8/h5H,1-4H2,(H,9,10)(H2,6,7,8). The van der Waals surface area contributed by atoms with Crippen molar-refractivity contribution in [2.45, 2.75) is 0 Å². The van der Waals surface area contributed by atoms with Gasteiger partial charge in [0.05, 0.1) is 26.0 Å². The van der Waals surface area contributed by atoms with Crippen molar-refractivity contribution in [3.8, 4) is 0 Å². The predicted molar refractivity (Wildman–Crippen MR) is 45.7 cm³/mol. The van der Waals surface area contributed by atoms with Gasteiger partial charge in [0.2, 0.25) is 0 Å². The molecule has 0 rings (SSSR count). The Labute approximate surface area is 80.3 Å². The fourth-order valence-corrected chi connectivity index (χ4v) is 1.65. The first kappa shape index (κ1) is 14.2. The second kappa shape index (κ2) is 5.95. The van der Waals surface area contributed by atoms with Gasteiger partial charge >= 0.3 is 15.4 Å². The third-order valence-electron chi connectivity index (χ3n) is 0.983. The monoisotopic (exact) mass is 250 g/mol. The summed E-state index contributed by atoms with van der Waals surface area (Å²) in [6.45, 7) is -1.43. The molecule has 0 heterocycles. The molecule has 0 aliphatic heterocycles. The molecular weight excluding hydrogens is 238 g/mol. The highest BCUT2D eigenvalue weighted by molar-refractivity contribution is 7.51. The van der Waals surface area contributed by atoms with Crippen LogP contribution in [0.5, 0.6) is 0 Å². The minimum absolute atomic E-state index is 0.385. The van der Waals surface area contributed by atoms with E-state index in [4.69, 9.17) is 19.8 Å². The molecule has 86 valence electrons. The molecule has 4 N–H and O–H groups in total. The van der Waals surface area contributed by atoms with Crippen LogP contribution in [0.4, 0.5) is 0 Å². The Kier molecular flexibility index (Phi) is 6.04. The highest BCUT2D eigenvalue weighted by Crippen LogP contribution is 2.44. The van der Waals surface area contributed by atoms with Crippen molar-refractivity contribution in [2.24, 2.45) is 0 Å². The number of phosphoric ester groups is 1. The number of rotatable bonds is 7. The number of hydrogen-bond donors (Lipinski definition) is 4. The number of aliphatic hydroxyl groups excluding tert-OH is 1. The van der Waals surface area contributed by atoms with Gasteiger partial charge in [-0.05, 0) is 0 Å². The molecule has 0 saturated carbocycles. The van der Waals surface area contributed by atoms with Crippen LogP contribution in [-0.2, 0) is 18.2 Å². The Bertz CT molecular complexity index is 246. The second-order valence-corrected chi connectivity index (χ2v) is 5.48. The zero-order valence-corrected chi connectivity index (χ0v) is 8.93. The van der Waals surface area contributed by atoms with E-state index in [1.807, 2.05) is 0 Å². The van der Waals surface area contributed by atoms with E-state index in [-0.39, 0.29) is 6.61 Å². The molecule has 0 aromatic heterocycles. The van der Waals surface area contributed by atoms with E-state index in [1.165, 1.54) is 0 Å². The van der Waals surface area contributed by atoms with Gasteiger partial charge in [-0.15, -0.1) is 0 Å². The lowest BCUT2D eigenvalue weighted by atomic mass is 10.8. The summed E-state index contributed by atoms with van der Waals surface area (Å²) in [6.07, 6.45) is -0.667. The van der Waals surface area contributed by atoms with Crippen molar-refractivity contribution in [2.75, 3.05) is 26.0 Å². The Hall–Kier alpha value is 0.220. The van der Waals surface area contributed by atoms with Gasteiger partial charge in [0, 0.05) is 0 Å². The summed E-state index contributed by atoms with van der Waals surface area (Å²) < 4.78 is 29.5. The molecule has 14 heavy (non-hydrogen) atoms. The van der Waals surface area contributed by atoms with Gasteiger partial charge < -0.3 is 19.8 Å². The first-order chi connectivity index (χ1) is 6.27. The Morgan fingerprint density at radius 2 is 1.50 bits per heavy atom. The topological polar surface area (TPSA) is 134 Å². The summed E-state index contributed by atoms with van der Waals surface area (Å²) >= 11 is 0. The third-order valence-corrected chi connectivity index (χ3v) is 2.77. The molecule has 0 aromatic carbocycles. The maximum atomic E-state index is 10.8. The Morgan fingerprint density at radius 1 is 1.00 bits per heavy atom. The third kappa shape index (κ3) is 8.80. The molecule has 0 amide bonds. The molecule has 1 atom stereocenters. The Morgan fingerprint density at radius 3 is 1.93 bits per heavy atom. The molecule has 10 heteroatoms. The molecule has 1 unspecified atom stereocenters. The first-order valence-corrected chi connectivity index (χ1v) is 6.83. The Balaban J connectivity index is 3.77. The fraction of sp³-hybridized carbons (Fsp3) is 1.00. The van der Waals surface area contributed by atoms with Crippen molar-refractivity contribution in [3.63, 3.8) is 0 Å². The van der Waals surface area contributed by atoms with Crippen molar-refractivity contribution in [1.29, 1.82) is 0 Å². The summed E-state index contributed by atoms with van der Waals surface area (Å²) in [5, 5.41) is 8.25. The van der Waals surface area contributed by atoms with E-state index in [9.17, 15) is 9.13 Å². The van der Waals surface area contributed by atoms with Crippen LogP contribution in [0.25, 0.3) is 0 Å². The van der Waals surface area contributed by atoms with E-state index >= 15 is 0 Å². The predicted octanol–water partition coefficient (Wildman–Crippen LogP) is -0.710. The van der Waals surface area contributed by atoms with Crippen LogP contribution in [0, 0.1) is 0 Å². The average molecular weight is 250 g/mol. The van der Waals surface area contributed by atoms with E-state index < -0.39 is 34.8 Å². The van der Waals surface area contributed by atoms with Crippen molar-refractivity contribution in [3.05, 3.63) is 0 Å². The van der Waals surface area contributed by atoms with Gasteiger partial charge in [0.15, 0.2) is 0 Å². The van der Waals surface area contributed by atoms with Crippen LogP contribution in [0.2, 0.25) is 0 Å². The van der Waals surface area contributed by atoms with E-state index in [0.29, 0.717) is 0 Å². The molecule has 0 bridgehead atoms. The van der Waals surface area contributed by atoms with Gasteiger partial charge in [-0.25, -0.2) is 4.57 Å². The quantitative estimate of drug-likeness (QED) is 0.435. The zero-order valence-electron chi connectivity index (χ0n) is 7.14. The highest BCUT2D eigenvalue weighted by Gasteiger charge is 2.22. The van der Waals surface area contributed by atoms with Gasteiger partial charge in [-0.2, -0.15) is 0 Å². The van der Waals surface area contributed by atoms with Gasteiger partial charge in [0.1, 0.15) is 0 Å². The smallest absolute Gasteiger partial charge is 0.394 e. The van der Waals surface area contributed by atoms with Gasteiger partial charge in [-0.1, -0.05) is 0 Å². The lowest BCUT2D eigenvalue weighted by molar-refractivity contribution is 0.126. The molecule has 8 nitrogen and oxygen atoms in total. The molecule has 0 fully saturated rings. The van der Waals surface area contributed by atoms with E-state index in [1.54, 1.807) is 0 Å². The number of aliphatic hydroxyl groups is 1. The maximum Gasteiger partial charge on any atom is 0.472 e. The van der Waals surface area contributed by atoms with E-state index in [2.05, 4.69) is 9.05 Å². The molecule has 0 saturated heterocycles. The molecule has 0 radical (unpaired) electrons. The molecular formula is C4H12O8P2. The van der Waals surface area contributed by atoms with Crippen molar-refractivity contribution < 1.29 is 38.0 Å². The van der Waals surface area contributed by atoms with Crippen molar-refractivity contribution >= 4 is 15.4 Å². The first-order valence-electron chi connectivity index (χ1n) is 3.54. The van der Waals surface area contributed by atoms with Gasteiger partial charge in [0.25, 0.3) is 0 Å². The van der Waals surface area contributed by atoms with Crippen LogP contribution in [-0.4, -0.2) is 45.8 Å². The lowest BCUT2D eigenvalue weighted by Gasteiger charge is -2.11. The normalized spacial score (nSPS) is 16.6. The van der Waals surface area contributed by atoms with Crippen LogP contribution in [0.3, 0.4) is 0 Å². The lowest BCUT2D eigenvalue weighted by Crippen LogP contribution is -2.03. The molecule has 0 aliphatic rings. The second-order valence-electron chi connectivity index (χ2n) is 2.25. The molecule has 0 aliphatic carbocycles. The minimum Gasteiger partial charge on any atom is -0.394 e. The summed E-state index contributed by atoms with van der Waals surface area (Å²) in [4.78, 5) is 25.5. The SMILES string of the molecule is O=P(O)(O)CCOP(=O)(O)OCCO. The number of phosphoric acid groups is 1. The molecule has 0 aromatic rings. The van der Waals surface area contributed by atoms with Crippen LogP contribution in [0.15, 0.2) is 0 Å². The zero-order chi connectivity index (χ0) is 11.2. The highest BCUT2D eigenvalue weighted by atomic mass is 31.2. The van der Waals surface area contributed by atoms with Crippen LogP contribution < -0.4 is 0 Å². The summed E-state index contributed by atoms with van der Waals surface area (Å²) in [7, 11) is -8.54. The van der Waals surface area contributed by atoms with Crippen LogP contribution >= 0.6 is 15.4 Å². The molecule has 0 spiro atoms. The fourth-order valence-electron chi connectivity index (χ4n) is 0.469. The van der Waals surface area contributed by atoms with Crippen LogP contribution in [0.1, 0.15) is 0 Å². The largest absolute Gasteiger partial charge is 0.472 e. The maximum absolute atomic E-state index is 10.8. The minimum atomic E-state index is -4.30. The summed E-state index contributed by atoms with van der Waals surface area (Å²) in [5.41, 5.74) is 0. The van der Waals surface area contributed by atoms with Gasteiger partial charge in [-0.3, -0.25) is 13.6 Å². The van der Waals surface area contributed by atoms with Crippen molar-refractivity contribution in [1.82, 2.24) is 0 Å². The average Bonchev–Trinajstić information content (AvgIpc) is 1.98. The number of hydrogen-bond acceptors (Lipinski definition) is 5. The van der Waals surface area contributed by atoms with E-state index in [0.717, 1.165) is 0 Å². The summed E-state index contributed by atoms with van der Waals surface area (Å²) in [5.74, 6) is 0. The summed E-state index contributed by atoms with van der Waals surface area (Å²) in [6, 6.07) is 0.